The Bertz CT molecular complexity index is 346. The van der Waals surface area contributed by atoms with Crippen LogP contribution in [0.2, 0.25) is 0 Å². The minimum absolute atomic E-state index is 0.429. The first-order valence-electron chi connectivity index (χ1n) is 7.10. The molecule has 108 valence electrons. The molecule has 1 rings (SSSR count). The van der Waals surface area contributed by atoms with Crippen LogP contribution in [0.1, 0.15) is 45.9 Å². The summed E-state index contributed by atoms with van der Waals surface area (Å²) >= 11 is 0. The van der Waals surface area contributed by atoms with E-state index in [4.69, 9.17) is 4.74 Å². The lowest BCUT2D eigenvalue weighted by Crippen LogP contribution is -2.19. The van der Waals surface area contributed by atoms with Crippen molar-refractivity contribution in [3.63, 3.8) is 0 Å². The Morgan fingerprint density at radius 1 is 1.21 bits per heavy atom. The summed E-state index contributed by atoms with van der Waals surface area (Å²) in [5, 5.41) is 6.70. The first-order chi connectivity index (χ1) is 9.23. The molecule has 19 heavy (non-hydrogen) atoms. The van der Waals surface area contributed by atoms with Crippen molar-refractivity contribution in [1.29, 1.82) is 0 Å². The van der Waals surface area contributed by atoms with Gasteiger partial charge in [0, 0.05) is 25.8 Å². The molecule has 2 N–H and O–H groups in total. The largest absolute Gasteiger partial charge is 0.377 e. The van der Waals surface area contributed by atoms with Gasteiger partial charge >= 0.3 is 0 Å². The number of nitrogens with zero attached hydrogens (tertiary/aromatic N) is 2. The molecular formula is C14H26N4O. The summed E-state index contributed by atoms with van der Waals surface area (Å²) in [5.74, 6) is 2.42. The molecule has 1 atom stereocenters. The van der Waals surface area contributed by atoms with Gasteiger partial charge in [0.25, 0.3) is 0 Å². The Morgan fingerprint density at radius 2 is 1.95 bits per heavy atom. The average Bonchev–Trinajstić information content (AvgIpc) is 2.39. The molecule has 0 radical (unpaired) electrons. The second-order valence-electron chi connectivity index (χ2n) is 4.56. The van der Waals surface area contributed by atoms with Crippen LogP contribution in [0.3, 0.4) is 0 Å². The molecule has 1 unspecified atom stereocenters. The number of hydrogen-bond donors (Lipinski definition) is 2. The van der Waals surface area contributed by atoms with Gasteiger partial charge in [-0.15, -0.1) is 0 Å². The lowest BCUT2D eigenvalue weighted by Gasteiger charge is -2.18. The van der Waals surface area contributed by atoms with E-state index in [1.807, 2.05) is 6.07 Å². The number of hydrogen-bond acceptors (Lipinski definition) is 5. The van der Waals surface area contributed by atoms with Gasteiger partial charge in [0.15, 0.2) is 5.82 Å². The Balaban J connectivity index is 2.84. The van der Waals surface area contributed by atoms with E-state index in [1.54, 1.807) is 7.11 Å². The highest BCUT2D eigenvalue weighted by molar-refractivity contribution is 5.48. The lowest BCUT2D eigenvalue weighted by atomic mass is 10.1. The maximum atomic E-state index is 5.11. The molecule has 0 bridgehead atoms. The molecule has 0 amide bonds. The summed E-state index contributed by atoms with van der Waals surface area (Å²) in [7, 11) is 1.66. The maximum absolute atomic E-state index is 5.11. The Morgan fingerprint density at radius 3 is 2.53 bits per heavy atom. The summed E-state index contributed by atoms with van der Waals surface area (Å²) in [6, 6.07) is 2.42. The van der Waals surface area contributed by atoms with E-state index in [-0.39, 0.29) is 0 Å². The molecule has 0 spiro atoms. The first kappa shape index (κ1) is 15.7. The molecule has 0 aliphatic rings. The van der Waals surface area contributed by atoms with E-state index in [9.17, 15) is 0 Å². The molecule has 0 saturated heterocycles. The molecule has 0 aromatic carbocycles. The Labute approximate surface area is 116 Å². The molecule has 0 aliphatic carbocycles. The van der Waals surface area contributed by atoms with E-state index in [2.05, 4.69) is 41.4 Å². The van der Waals surface area contributed by atoms with Crippen LogP contribution < -0.4 is 10.6 Å². The molecule has 1 heterocycles. The monoisotopic (exact) mass is 266 g/mol. The smallest absolute Gasteiger partial charge is 0.158 e. The van der Waals surface area contributed by atoms with Crippen LogP contribution >= 0.6 is 0 Å². The molecular weight excluding hydrogens is 240 g/mol. The minimum Gasteiger partial charge on any atom is -0.377 e. The molecule has 0 aliphatic heterocycles. The van der Waals surface area contributed by atoms with Crippen molar-refractivity contribution in [1.82, 2.24) is 9.97 Å². The summed E-state index contributed by atoms with van der Waals surface area (Å²) in [5.41, 5.74) is 0. The van der Waals surface area contributed by atoms with Gasteiger partial charge in [-0.1, -0.05) is 20.3 Å². The standard InChI is InChI=1S/C14H26N4O/c1-5-8-11(6-2)16-13-9-12(15-7-3)17-14(18-13)10-19-4/h9,11H,5-8,10H2,1-4H3,(H2,15,16,17,18). The number of ether oxygens (including phenoxy) is 1. The van der Waals surface area contributed by atoms with Gasteiger partial charge in [-0.05, 0) is 19.8 Å². The normalized spacial score (nSPS) is 12.2. The van der Waals surface area contributed by atoms with Crippen molar-refractivity contribution in [2.75, 3.05) is 24.3 Å². The van der Waals surface area contributed by atoms with Crippen molar-refractivity contribution in [3.8, 4) is 0 Å². The molecule has 0 fully saturated rings. The summed E-state index contributed by atoms with van der Waals surface area (Å²) < 4.78 is 5.11. The van der Waals surface area contributed by atoms with Crippen LogP contribution in [0.25, 0.3) is 0 Å². The van der Waals surface area contributed by atoms with Gasteiger partial charge in [-0.3, -0.25) is 0 Å². The molecule has 1 aromatic rings. The van der Waals surface area contributed by atoms with Gasteiger partial charge in [0.2, 0.25) is 0 Å². The number of aromatic nitrogens is 2. The van der Waals surface area contributed by atoms with E-state index in [1.165, 1.54) is 6.42 Å². The number of rotatable bonds is 9. The number of anilines is 2. The van der Waals surface area contributed by atoms with Crippen molar-refractivity contribution < 1.29 is 4.74 Å². The fraction of sp³-hybridized carbons (Fsp3) is 0.714. The summed E-state index contributed by atoms with van der Waals surface area (Å²) in [6.07, 6.45) is 3.41. The number of methoxy groups -OCH3 is 1. The first-order valence-corrected chi connectivity index (χ1v) is 7.10. The van der Waals surface area contributed by atoms with Crippen molar-refractivity contribution >= 4 is 11.6 Å². The molecule has 5 heteroatoms. The third-order valence-electron chi connectivity index (χ3n) is 2.89. The number of nitrogens with one attached hydrogen (secondary N) is 2. The van der Waals surface area contributed by atoms with E-state index in [0.717, 1.165) is 31.0 Å². The zero-order valence-electron chi connectivity index (χ0n) is 12.5. The second kappa shape index (κ2) is 8.69. The molecule has 1 aromatic heterocycles. The fourth-order valence-electron chi connectivity index (χ4n) is 1.97. The summed E-state index contributed by atoms with van der Waals surface area (Å²) in [6.45, 7) is 7.71. The fourth-order valence-corrected chi connectivity index (χ4v) is 1.97. The maximum Gasteiger partial charge on any atom is 0.158 e. The Kier molecular flexibility index (Phi) is 7.18. The highest BCUT2D eigenvalue weighted by Gasteiger charge is 2.09. The lowest BCUT2D eigenvalue weighted by molar-refractivity contribution is 0.178. The minimum atomic E-state index is 0.429. The SMILES string of the molecule is CCCC(CC)Nc1cc(NCC)nc(COC)n1. The topological polar surface area (TPSA) is 59.1 Å². The highest BCUT2D eigenvalue weighted by Crippen LogP contribution is 2.15. The van der Waals surface area contributed by atoms with Crippen molar-refractivity contribution in [2.24, 2.45) is 0 Å². The zero-order valence-corrected chi connectivity index (χ0v) is 12.5. The predicted molar refractivity (Wildman–Crippen MR) is 79.5 cm³/mol. The third kappa shape index (κ3) is 5.42. The van der Waals surface area contributed by atoms with E-state index in [0.29, 0.717) is 18.5 Å². The van der Waals surface area contributed by atoms with Crippen LogP contribution in [-0.2, 0) is 11.3 Å². The average molecular weight is 266 g/mol. The van der Waals surface area contributed by atoms with Crippen LogP contribution in [0.5, 0.6) is 0 Å². The van der Waals surface area contributed by atoms with Crippen LogP contribution in [0.4, 0.5) is 11.6 Å². The van der Waals surface area contributed by atoms with E-state index < -0.39 is 0 Å². The van der Waals surface area contributed by atoms with Crippen LogP contribution in [0.15, 0.2) is 6.07 Å². The van der Waals surface area contributed by atoms with Gasteiger partial charge in [0.05, 0.1) is 0 Å². The molecule has 0 saturated carbocycles. The van der Waals surface area contributed by atoms with Gasteiger partial charge in [0.1, 0.15) is 18.2 Å². The Hall–Kier alpha value is -1.36. The molecule has 5 nitrogen and oxygen atoms in total. The second-order valence-corrected chi connectivity index (χ2v) is 4.56. The van der Waals surface area contributed by atoms with Crippen molar-refractivity contribution in [2.45, 2.75) is 52.7 Å². The van der Waals surface area contributed by atoms with E-state index >= 15 is 0 Å². The third-order valence-corrected chi connectivity index (χ3v) is 2.89. The zero-order chi connectivity index (χ0) is 14.1. The van der Waals surface area contributed by atoms with Gasteiger partial charge in [-0.25, -0.2) is 9.97 Å². The highest BCUT2D eigenvalue weighted by atomic mass is 16.5. The van der Waals surface area contributed by atoms with Crippen molar-refractivity contribution in [3.05, 3.63) is 11.9 Å². The van der Waals surface area contributed by atoms with Gasteiger partial charge in [-0.2, -0.15) is 0 Å². The predicted octanol–water partition coefficient (Wildman–Crippen LogP) is 3.05. The van der Waals surface area contributed by atoms with Gasteiger partial charge < -0.3 is 15.4 Å². The van der Waals surface area contributed by atoms with Crippen LogP contribution in [-0.4, -0.2) is 29.7 Å². The van der Waals surface area contributed by atoms with Crippen LogP contribution in [0, 0.1) is 0 Å². The quantitative estimate of drug-likeness (QED) is 0.719. The summed E-state index contributed by atoms with van der Waals surface area (Å²) in [4.78, 5) is 8.89.